The summed E-state index contributed by atoms with van der Waals surface area (Å²) in [4.78, 5) is 41.4. The molecule has 28 heavy (non-hydrogen) atoms. The summed E-state index contributed by atoms with van der Waals surface area (Å²) in [7, 11) is 0. The highest BCUT2D eigenvalue weighted by Gasteiger charge is 2.22. The molecule has 0 atom stereocenters. The first kappa shape index (κ1) is 15.0. The van der Waals surface area contributed by atoms with Gasteiger partial charge in [-0.25, -0.2) is 20.0 Å². The molecule has 0 aliphatic carbocycles. The molecular formula is C22H12N4O2. The number of nitrogens with zero attached hydrogens (tertiary/aromatic N) is 4. The van der Waals surface area contributed by atoms with Crippen LogP contribution in [0.1, 0.15) is 1.37 Å². The molecule has 6 heteroatoms. The van der Waals surface area contributed by atoms with Crippen molar-refractivity contribution < 1.29 is 11.0 Å². The van der Waals surface area contributed by atoms with Crippen molar-refractivity contribution in [1.82, 2.24) is 0 Å². The van der Waals surface area contributed by atoms with Crippen LogP contribution in [0.3, 0.4) is 0 Å². The van der Waals surface area contributed by atoms with E-state index in [1.54, 1.807) is 30.4 Å². The molecule has 0 fully saturated rings. The second kappa shape index (κ2) is 6.28. The first-order valence-corrected chi connectivity index (χ1v) is 8.55. The van der Waals surface area contributed by atoms with E-state index in [4.69, 9.17) is 1.37 Å². The van der Waals surface area contributed by atoms with Gasteiger partial charge < -0.3 is 0 Å². The summed E-state index contributed by atoms with van der Waals surface area (Å²) in [6.45, 7) is 0. The van der Waals surface area contributed by atoms with Crippen molar-refractivity contribution in [2.24, 2.45) is 20.0 Å². The number of aldehydes is 2. The third kappa shape index (κ3) is 2.77. The summed E-state index contributed by atoms with van der Waals surface area (Å²) in [6.07, 6.45) is 17.3. The van der Waals surface area contributed by atoms with Gasteiger partial charge in [0.2, 0.25) is 0 Å². The number of carbonyl (C=O) groups is 2. The third-order valence-electron chi connectivity index (χ3n) is 4.42. The molecule has 0 aromatic rings. The molecule has 5 heterocycles. The van der Waals surface area contributed by atoms with Gasteiger partial charge in [-0.2, -0.15) is 0 Å². The maximum Gasteiger partial charge on any atom is 0.154 e. The van der Waals surface area contributed by atoms with E-state index in [2.05, 4.69) is 20.0 Å². The zero-order valence-corrected chi connectivity index (χ0v) is 14.5. The third-order valence-corrected chi connectivity index (χ3v) is 4.42. The molecule has 5 aliphatic rings. The van der Waals surface area contributed by atoms with E-state index >= 15 is 0 Å². The van der Waals surface area contributed by atoms with Crippen LogP contribution < -0.4 is 0 Å². The first-order valence-electron chi connectivity index (χ1n) is 9.05. The zero-order valence-electron chi connectivity index (χ0n) is 15.5. The molecule has 0 aromatic heterocycles. The number of allylic oxidation sites excluding steroid dienone is 12. The van der Waals surface area contributed by atoms with E-state index in [0.717, 1.165) is 17.1 Å². The van der Waals surface area contributed by atoms with Gasteiger partial charge in [0.15, 0.2) is 12.6 Å². The Morgan fingerprint density at radius 1 is 0.679 bits per heavy atom. The molecular weight excluding hydrogens is 352 g/mol. The maximum absolute atomic E-state index is 11.8. The minimum absolute atomic E-state index is 0.0486. The molecule has 0 N–H and O–H groups in total. The van der Waals surface area contributed by atoms with E-state index < -0.39 is 0 Å². The van der Waals surface area contributed by atoms with Gasteiger partial charge in [0.05, 0.1) is 52.6 Å². The van der Waals surface area contributed by atoms with Crippen molar-refractivity contribution in [3.63, 3.8) is 0 Å². The van der Waals surface area contributed by atoms with Gasteiger partial charge in [0, 0.05) is 5.57 Å². The van der Waals surface area contributed by atoms with Crippen molar-refractivity contribution in [1.29, 1.82) is 0 Å². The molecule has 0 saturated heterocycles. The first-order chi connectivity index (χ1) is 14.1. The molecule has 0 unspecified atom stereocenters. The van der Waals surface area contributed by atoms with Crippen LogP contribution in [0.4, 0.5) is 0 Å². The minimum atomic E-state index is -0.0486. The molecule has 0 saturated carbocycles. The second-order valence-electron chi connectivity index (χ2n) is 6.31. The molecule has 5 rings (SSSR count). The fraction of sp³-hybridized carbons (Fsp3) is 0. The van der Waals surface area contributed by atoms with Gasteiger partial charge in [-0.1, -0.05) is 0 Å². The van der Waals surface area contributed by atoms with Crippen LogP contribution in [0.2, 0.25) is 0 Å². The van der Waals surface area contributed by atoms with Gasteiger partial charge in [0.1, 0.15) is 0 Å². The van der Waals surface area contributed by atoms with Gasteiger partial charge in [-0.15, -0.1) is 0 Å². The largest absolute Gasteiger partial charge is 0.298 e. The van der Waals surface area contributed by atoms with Gasteiger partial charge in [-0.05, 0) is 60.7 Å². The fourth-order valence-corrected chi connectivity index (χ4v) is 3.16. The number of aliphatic imine (C=N–C) groups is 4. The van der Waals surface area contributed by atoms with E-state index in [1.807, 2.05) is 24.3 Å². The van der Waals surface area contributed by atoms with Crippen LogP contribution >= 0.6 is 0 Å². The van der Waals surface area contributed by atoms with Crippen LogP contribution in [-0.2, 0) is 9.59 Å². The molecule has 0 radical (unpaired) electrons. The van der Waals surface area contributed by atoms with E-state index in [0.29, 0.717) is 29.7 Å². The molecule has 0 aromatic carbocycles. The summed E-state index contributed by atoms with van der Waals surface area (Å²) in [6, 6.07) is -0.0486. The summed E-state index contributed by atoms with van der Waals surface area (Å²) < 4.78 is 8.31. The van der Waals surface area contributed by atoms with Crippen molar-refractivity contribution in [2.45, 2.75) is 0 Å². The number of carbonyl (C=O) groups excluding carboxylic acids is 2. The maximum atomic E-state index is 11.8. The van der Waals surface area contributed by atoms with Crippen molar-refractivity contribution in [2.75, 3.05) is 0 Å². The normalized spacial score (nSPS) is 22.4. The van der Waals surface area contributed by atoms with E-state index in [9.17, 15) is 9.59 Å². The van der Waals surface area contributed by atoms with Gasteiger partial charge >= 0.3 is 0 Å². The SMILES string of the molecule is [2H]C1=C(C=O)C2=C(C=O)C3=NC(=CC4=NC(=CC5=NC(=CC1=N2)C=C5)C=C4)C=C3. The Kier molecular flexibility index (Phi) is 3.37. The Morgan fingerprint density at radius 3 is 1.93 bits per heavy atom. The quantitative estimate of drug-likeness (QED) is 0.705. The van der Waals surface area contributed by atoms with Crippen LogP contribution in [-0.4, -0.2) is 35.4 Å². The van der Waals surface area contributed by atoms with E-state index in [-0.39, 0.29) is 28.6 Å². The number of hydrogen-bond donors (Lipinski definition) is 0. The monoisotopic (exact) mass is 365 g/mol. The Bertz CT molecular complexity index is 1270. The van der Waals surface area contributed by atoms with Crippen LogP contribution in [0, 0.1) is 0 Å². The predicted molar refractivity (Wildman–Crippen MR) is 109 cm³/mol. The van der Waals surface area contributed by atoms with E-state index in [1.165, 1.54) is 0 Å². The van der Waals surface area contributed by atoms with Crippen molar-refractivity contribution >= 4 is 35.4 Å². The average molecular weight is 365 g/mol. The fourth-order valence-electron chi connectivity index (χ4n) is 3.16. The molecule has 6 nitrogen and oxygen atoms in total. The van der Waals surface area contributed by atoms with Crippen molar-refractivity contribution in [3.8, 4) is 0 Å². The Hall–Kier alpha value is -4.06. The lowest BCUT2D eigenvalue weighted by atomic mass is 10.1. The smallest absolute Gasteiger partial charge is 0.154 e. The number of rotatable bonds is 2. The Labute approximate surface area is 161 Å². The highest BCUT2D eigenvalue weighted by atomic mass is 16.1. The summed E-state index contributed by atoms with van der Waals surface area (Å²) in [5, 5.41) is 0. The van der Waals surface area contributed by atoms with Crippen LogP contribution in [0.5, 0.6) is 0 Å². The molecule has 0 amide bonds. The molecule has 5 aliphatic heterocycles. The molecule has 132 valence electrons. The molecule has 8 bridgehead atoms. The van der Waals surface area contributed by atoms with Gasteiger partial charge in [-0.3, -0.25) is 9.59 Å². The average Bonchev–Trinajstić information content (AvgIpc) is 3.48. The highest BCUT2D eigenvalue weighted by molar-refractivity contribution is 6.25. The lowest BCUT2D eigenvalue weighted by Crippen LogP contribution is -2.04. The number of hydrogen-bond acceptors (Lipinski definition) is 6. The Balaban J connectivity index is 1.76. The lowest BCUT2D eigenvalue weighted by Gasteiger charge is -2.02. The predicted octanol–water partition coefficient (Wildman–Crippen LogP) is 2.72. The topological polar surface area (TPSA) is 83.6 Å². The van der Waals surface area contributed by atoms with Crippen molar-refractivity contribution in [3.05, 3.63) is 94.7 Å². The standard InChI is InChI=1S/C22H12N4O2/c27-11-13-7-19-10-17-4-3-15(24-17)8-14-1-2-16(23-14)9-18-5-6-21(25-18)20(12-28)22(13)26-19/h1-12H/i7D. The van der Waals surface area contributed by atoms with Gasteiger partial charge in [0.25, 0.3) is 0 Å². The van der Waals surface area contributed by atoms with Crippen LogP contribution in [0.25, 0.3) is 0 Å². The summed E-state index contributed by atoms with van der Waals surface area (Å²) in [5.74, 6) is 0. The second-order valence-corrected chi connectivity index (χ2v) is 6.31. The summed E-state index contributed by atoms with van der Waals surface area (Å²) >= 11 is 0. The summed E-state index contributed by atoms with van der Waals surface area (Å²) in [5.41, 5.74) is 4.45. The molecule has 0 spiro atoms. The number of fused-ring (bicyclic) bond motifs is 4. The Morgan fingerprint density at radius 2 is 1.29 bits per heavy atom. The lowest BCUT2D eigenvalue weighted by molar-refractivity contribution is -0.104. The zero-order chi connectivity index (χ0) is 20.0. The van der Waals surface area contributed by atoms with Crippen LogP contribution in [0.15, 0.2) is 115 Å². The minimum Gasteiger partial charge on any atom is -0.298 e. The highest BCUT2D eigenvalue weighted by Crippen LogP contribution is 2.26.